The lowest BCUT2D eigenvalue weighted by molar-refractivity contribution is 1.36. The van der Waals surface area contributed by atoms with Crippen molar-refractivity contribution in [1.29, 1.82) is 0 Å². The Kier molecular flexibility index (Phi) is 5.80. The summed E-state index contributed by atoms with van der Waals surface area (Å²) in [5.41, 5.74) is 4.09. The minimum absolute atomic E-state index is 0.878. The highest BCUT2D eigenvalue weighted by Gasteiger charge is 2.26. The van der Waals surface area contributed by atoms with Crippen LogP contribution in [0.5, 0.6) is 0 Å². The Morgan fingerprint density at radius 2 is 1.44 bits per heavy atom. The molecule has 0 aromatic heterocycles. The van der Waals surface area contributed by atoms with Gasteiger partial charge in [-0.2, -0.15) is 0 Å². The van der Waals surface area contributed by atoms with Crippen LogP contribution in [-0.2, 0) is 0 Å². The summed E-state index contributed by atoms with van der Waals surface area (Å²) in [6.07, 6.45) is 0. The lowest BCUT2D eigenvalue weighted by Gasteiger charge is -2.24. The van der Waals surface area contributed by atoms with Gasteiger partial charge in [-0.05, 0) is 48.3 Å². The first-order valence-electron chi connectivity index (χ1n) is 9.49. The molecule has 3 aromatic rings. The molecule has 0 N–H and O–H groups in total. The third-order valence-corrected chi connectivity index (χ3v) is 10.7. The number of hydrogen-bond donors (Lipinski definition) is 0. The van der Waals surface area contributed by atoms with Gasteiger partial charge in [0.25, 0.3) is 0 Å². The third kappa shape index (κ3) is 4.29. The molecule has 0 nitrogen and oxygen atoms in total. The van der Waals surface area contributed by atoms with Crippen LogP contribution in [0.1, 0.15) is 16.7 Å². The van der Waals surface area contributed by atoms with Crippen molar-refractivity contribution in [3.63, 3.8) is 0 Å². The van der Waals surface area contributed by atoms with E-state index in [0.717, 1.165) is 5.02 Å². The van der Waals surface area contributed by atoms with Crippen LogP contribution in [0.3, 0.4) is 0 Å². The second kappa shape index (κ2) is 7.79. The molecule has 0 fully saturated rings. The van der Waals surface area contributed by atoms with Crippen molar-refractivity contribution < 1.29 is 0 Å². The fraction of sp³-hybridized carbons (Fsp3) is 0.250. The zero-order valence-electron chi connectivity index (χ0n) is 17.2. The molecule has 0 aliphatic heterocycles. The molecule has 0 amide bonds. The maximum atomic E-state index is 6.71. The molecule has 139 valence electrons. The highest BCUT2D eigenvalue weighted by molar-refractivity contribution is 6.97. The van der Waals surface area contributed by atoms with Gasteiger partial charge < -0.3 is 0 Å². The Bertz CT molecular complexity index is 970. The summed E-state index contributed by atoms with van der Waals surface area (Å²) in [7, 11) is -2.57. The van der Waals surface area contributed by atoms with E-state index in [1.165, 1.54) is 37.4 Å². The standard InChI is InChI=1S/C24H28ClSi2/c1-17-14-20(16-21(15-17)27(4,5)6)26(24-12-8-7-11-22(24)25)23-13-9-10-18(2)19(23)3/h7-16H,1-6H3. The number of benzene rings is 3. The molecule has 0 heterocycles. The van der Waals surface area contributed by atoms with Crippen LogP contribution >= 0.6 is 11.6 Å². The van der Waals surface area contributed by atoms with Crippen molar-refractivity contribution >= 4 is 49.2 Å². The first-order chi connectivity index (χ1) is 12.7. The van der Waals surface area contributed by atoms with Crippen LogP contribution < -0.4 is 20.7 Å². The molecule has 0 saturated carbocycles. The molecule has 0 bridgehead atoms. The summed E-state index contributed by atoms with van der Waals surface area (Å²) in [5, 5.41) is 6.57. The van der Waals surface area contributed by atoms with E-state index in [0.29, 0.717) is 0 Å². The van der Waals surface area contributed by atoms with Gasteiger partial charge >= 0.3 is 0 Å². The predicted octanol–water partition coefficient (Wildman–Crippen LogP) is 4.33. The van der Waals surface area contributed by atoms with Gasteiger partial charge in [0, 0.05) is 5.02 Å². The minimum atomic E-state index is -1.40. The van der Waals surface area contributed by atoms with Gasteiger partial charge in [0.2, 0.25) is 0 Å². The van der Waals surface area contributed by atoms with Crippen LogP contribution in [-0.4, -0.2) is 16.9 Å². The molecule has 27 heavy (non-hydrogen) atoms. The first kappa shape index (κ1) is 20.1. The van der Waals surface area contributed by atoms with Crippen LogP contribution in [0.4, 0.5) is 0 Å². The van der Waals surface area contributed by atoms with Crippen LogP contribution in [0.25, 0.3) is 0 Å². The largest absolute Gasteiger partial charge is 0.156 e. The van der Waals surface area contributed by atoms with E-state index in [2.05, 4.69) is 88.9 Å². The highest BCUT2D eigenvalue weighted by Crippen LogP contribution is 2.11. The summed E-state index contributed by atoms with van der Waals surface area (Å²) in [5.74, 6) is 0. The number of aryl methyl sites for hydroxylation is 2. The molecular weight excluding hydrogens is 380 g/mol. The van der Waals surface area contributed by atoms with E-state index in [9.17, 15) is 0 Å². The van der Waals surface area contributed by atoms with Crippen molar-refractivity contribution in [2.75, 3.05) is 0 Å². The number of rotatable bonds is 4. The average Bonchev–Trinajstić information content (AvgIpc) is 2.59. The van der Waals surface area contributed by atoms with Crippen LogP contribution in [0.2, 0.25) is 24.7 Å². The molecule has 0 aliphatic rings. The van der Waals surface area contributed by atoms with Gasteiger partial charge in [0.15, 0.2) is 8.80 Å². The fourth-order valence-corrected chi connectivity index (χ4v) is 8.32. The summed E-state index contributed by atoms with van der Waals surface area (Å²) in [4.78, 5) is 0. The normalized spacial score (nSPS) is 11.9. The van der Waals surface area contributed by atoms with Crippen molar-refractivity contribution in [3.05, 3.63) is 82.4 Å². The Morgan fingerprint density at radius 3 is 2.11 bits per heavy atom. The monoisotopic (exact) mass is 407 g/mol. The molecule has 0 unspecified atom stereocenters. The van der Waals surface area contributed by atoms with E-state index < -0.39 is 16.9 Å². The predicted molar refractivity (Wildman–Crippen MR) is 126 cm³/mol. The second-order valence-electron chi connectivity index (χ2n) is 8.44. The van der Waals surface area contributed by atoms with E-state index in [1.807, 2.05) is 12.1 Å². The van der Waals surface area contributed by atoms with Crippen molar-refractivity contribution in [2.24, 2.45) is 0 Å². The van der Waals surface area contributed by atoms with Crippen molar-refractivity contribution in [3.8, 4) is 0 Å². The van der Waals surface area contributed by atoms with E-state index in [4.69, 9.17) is 11.6 Å². The quantitative estimate of drug-likeness (QED) is 0.446. The van der Waals surface area contributed by atoms with Crippen LogP contribution in [0, 0.1) is 20.8 Å². The SMILES string of the molecule is Cc1cc([Si](c2ccccc2Cl)c2cccc(C)c2C)cc([Si](C)(C)C)c1. The molecule has 0 spiro atoms. The van der Waals surface area contributed by atoms with E-state index >= 15 is 0 Å². The van der Waals surface area contributed by atoms with Gasteiger partial charge in [-0.1, -0.05) is 102 Å². The molecule has 0 saturated heterocycles. The van der Waals surface area contributed by atoms with E-state index in [-0.39, 0.29) is 0 Å². The van der Waals surface area contributed by atoms with Gasteiger partial charge in [-0.25, -0.2) is 0 Å². The second-order valence-corrected chi connectivity index (χ2v) is 16.3. The Hall–Kier alpha value is -1.62. The third-order valence-electron chi connectivity index (χ3n) is 5.25. The summed E-state index contributed by atoms with van der Waals surface area (Å²) in [6, 6.07) is 22.3. The zero-order valence-corrected chi connectivity index (χ0v) is 19.9. The van der Waals surface area contributed by atoms with Gasteiger partial charge in [-0.3, -0.25) is 0 Å². The number of halogens is 1. The first-order valence-corrected chi connectivity index (χ1v) is 14.9. The Labute approximate surface area is 171 Å². The molecular formula is C24H28ClSi2. The Balaban J connectivity index is 2.31. The van der Waals surface area contributed by atoms with Crippen molar-refractivity contribution in [1.82, 2.24) is 0 Å². The average molecular weight is 408 g/mol. The van der Waals surface area contributed by atoms with Gasteiger partial charge in [-0.15, -0.1) is 0 Å². The maximum absolute atomic E-state index is 6.71. The lowest BCUT2D eigenvalue weighted by Crippen LogP contribution is -2.55. The Morgan fingerprint density at radius 1 is 0.778 bits per heavy atom. The topological polar surface area (TPSA) is 0 Å². The molecule has 3 aromatic carbocycles. The maximum Gasteiger partial charge on any atom is 0.156 e. The molecule has 0 aliphatic carbocycles. The summed E-state index contributed by atoms with van der Waals surface area (Å²) < 4.78 is 0. The fourth-order valence-electron chi connectivity index (χ4n) is 3.50. The lowest BCUT2D eigenvalue weighted by atomic mass is 10.1. The van der Waals surface area contributed by atoms with Gasteiger partial charge in [0.1, 0.15) is 0 Å². The van der Waals surface area contributed by atoms with Crippen molar-refractivity contribution in [2.45, 2.75) is 40.4 Å². The minimum Gasteiger partial charge on any atom is -0.0845 e. The smallest absolute Gasteiger partial charge is 0.0845 e. The summed E-state index contributed by atoms with van der Waals surface area (Å²) in [6.45, 7) is 13.9. The highest BCUT2D eigenvalue weighted by atomic mass is 35.5. The molecule has 3 rings (SSSR count). The zero-order chi connectivity index (χ0) is 19.8. The van der Waals surface area contributed by atoms with Crippen LogP contribution in [0.15, 0.2) is 60.7 Å². The molecule has 3 heteroatoms. The molecule has 0 atom stereocenters. The number of hydrogen-bond acceptors (Lipinski definition) is 0. The van der Waals surface area contributed by atoms with Gasteiger partial charge in [0.05, 0.1) is 8.07 Å². The molecule has 1 radical (unpaired) electrons. The van der Waals surface area contributed by atoms with E-state index in [1.54, 1.807) is 0 Å². The summed E-state index contributed by atoms with van der Waals surface area (Å²) >= 11 is 6.71.